The van der Waals surface area contributed by atoms with Crippen molar-refractivity contribution in [3.63, 3.8) is 0 Å². The first-order valence-corrected chi connectivity index (χ1v) is 13.4. The Kier molecular flexibility index (Phi) is 6.40. The number of hydrogen-bond donors (Lipinski definition) is 1. The summed E-state index contributed by atoms with van der Waals surface area (Å²) in [7, 11) is -3.53. The zero-order chi connectivity index (χ0) is 23.5. The fraction of sp³-hybridized carbons (Fsp3) is 0.240. The molecule has 2 aromatic carbocycles. The lowest BCUT2D eigenvalue weighted by atomic mass is 10.0. The number of nitrogens with one attached hydrogen (secondary N) is 1. The predicted octanol–water partition coefficient (Wildman–Crippen LogP) is 4.66. The minimum Gasteiger partial charge on any atom is -0.489 e. The van der Waals surface area contributed by atoms with Crippen LogP contribution in [0.25, 0.3) is 11.0 Å². The van der Waals surface area contributed by atoms with Crippen molar-refractivity contribution in [2.45, 2.75) is 29.7 Å². The number of furan rings is 1. The molecular weight excluding hydrogens is 472 g/mol. The molecule has 5 rings (SSSR count). The number of piperidine rings is 1. The van der Waals surface area contributed by atoms with Crippen LogP contribution in [0.1, 0.15) is 29.0 Å². The van der Waals surface area contributed by atoms with Crippen LogP contribution >= 0.6 is 11.3 Å². The van der Waals surface area contributed by atoms with Crippen LogP contribution < -0.4 is 9.46 Å². The normalized spacial score (nSPS) is 15.0. The molecule has 176 valence electrons. The van der Waals surface area contributed by atoms with Gasteiger partial charge >= 0.3 is 0 Å². The monoisotopic (exact) mass is 496 g/mol. The van der Waals surface area contributed by atoms with Gasteiger partial charge in [-0.1, -0.05) is 42.5 Å². The smallest absolute Gasteiger partial charge is 0.290 e. The first kappa shape index (κ1) is 22.6. The van der Waals surface area contributed by atoms with Crippen LogP contribution in [-0.4, -0.2) is 38.4 Å². The van der Waals surface area contributed by atoms with Gasteiger partial charge < -0.3 is 14.1 Å². The first-order chi connectivity index (χ1) is 16.5. The number of likely N-dealkylation sites (tertiary alicyclic amines) is 1. The van der Waals surface area contributed by atoms with Crippen molar-refractivity contribution < 1.29 is 22.4 Å². The summed E-state index contributed by atoms with van der Waals surface area (Å²) >= 11 is 1.19. The van der Waals surface area contributed by atoms with Gasteiger partial charge in [0.1, 0.15) is 22.1 Å². The number of hydrogen-bond acceptors (Lipinski definition) is 6. The highest BCUT2D eigenvalue weighted by molar-refractivity contribution is 7.91. The summed E-state index contributed by atoms with van der Waals surface area (Å²) in [4.78, 5) is 15.1. The third-order valence-electron chi connectivity index (χ3n) is 5.88. The van der Waals surface area contributed by atoms with Gasteiger partial charge in [0.05, 0.1) is 0 Å². The van der Waals surface area contributed by atoms with Crippen molar-refractivity contribution in [3.8, 4) is 5.75 Å². The Morgan fingerprint density at radius 1 is 1.03 bits per heavy atom. The summed E-state index contributed by atoms with van der Waals surface area (Å²) in [6, 6.07) is 20.1. The van der Waals surface area contributed by atoms with E-state index in [1.54, 1.807) is 22.4 Å². The molecule has 1 fully saturated rings. The number of thiophene rings is 1. The van der Waals surface area contributed by atoms with Crippen LogP contribution in [0.2, 0.25) is 0 Å². The molecular formula is C25H24N2O5S2. The molecule has 1 aliphatic heterocycles. The average molecular weight is 497 g/mol. The van der Waals surface area contributed by atoms with Crippen molar-refractivity contribution >= 4 is 38.2 Å². The van der Waals surface area contributed by atoms with Gasteiger partial charge in [0.2, 0.25) is 10.0 Å². The topological polar surface area (TPSA) is 88.8 Å². The maximum atomic E-state index is 13.4. The van der Waals surface area contributed by atoms with Gasteiger partial charge in [0.15, 0.2) is 5.76 Å². The van der Waals surface area contributed by atoms with E-state index < -0.39 is 10.0 Å². The summed E-state index contributed by atoms with van der Waals surface area (Å²) in [6.07, 6.45) is 1.07. The molecule has 2 aromatic heterocycles. The molecule has 1 aliphatic rings. The highest BCUT2D eigenvalue weighted by Gasteiger charge is 2.31. The highest BCUT2D eigenvalue weighted by Crippen LogP contribution is 2.29. The molecule has 1 amide bonds. The number of amides is 1. The first-order valence-electron chi connectivity index (χ1n) is 11.0. The largest absolute Gasteiger partial charge is 0.489 e. The number of nitrogens with zero attached hydrogens (tertiary/aromatic N) is 1. The van der Waals surface area contributed by atoms with E-state index in [4.69, 9.17) is 9.15 Å². The average Bonchev–Trinajstić information content (AvgIpc) is 3.52. The molecule has 4 aromatic rings. The van der Waals surface area contributed by atoms with Gasteiger partial charge in [0.25, 0.3) is 5.91 Å². The van der Waals surface area contributed by atoms with Crippen molar-refractivity contribution in [2.24, 2.45) is 0 Å². The number of benzene rings is 2. The zero-order valence-corrected chi connectivity index (χ0v) is 20.0. The van der Waals surface area contributed by atoms with E-state index in [1.165, 1.54) is 11.3 Å². The predicted molar refractivity (Wildman–Crippen MR) is 131 cm³/mol. The number of para-hydroxylation sites is 2. The molecule has 0 unspecified atom stereocenters. The van der Waals surface area contributed by atoms with Crippen LogP contribution in [-0.2, 0) is 16.6 Å². The van der Waals surface area contributed by atoms with Crippen LogP contribution in [0.3, 0.4) is 0 Å². The second-order valence-electron chi connectivity index (χ2n) is 8.13. The molecule has 0 atom stereocenters. The molecule has 0 radical (unpaired) electrons. The SMILES string of the molecule is O=C(c1oc2ccccc2c1COc1ccccc1)N1CCC(NS(=O)(=O)c2cccs2)CC1. The van der Waals surface area contributed by atoms with Gasteiger partial charge in [-0.2, -0.15) is 0 Å². The van der Waals surface area contributed by atoms with Crippen LogP contribution in [0, 0.1) is 0 Å². The number of rotatable bonds is 7. The zero-order valence-electron chi connectivity index (χ0n) is 18.3. The fourth-order valence-corrected chi connectivity index (χ4v) is 6.44. The van der Waals surface area contributed by atoms with E-state index in [2.05, 4.69) is 4.72 Å². The Hall–Kier alpha value is -3.14. The highest BCUT2D eigenvalue weighted by atomic mass is 32.2. The van der Waals surface area contributed by atoms with E-state index in [0.29, 0.717) is 47.0 Å². The molecule has 1 saturated heterocycles. The van der Waals surface area contributed by atoms with Gasteiger partial charge in [-0.05, 0) is 42.5 Å². The minimum atomic E-state index is -3.53. The Labute approximate surface area is 202 Å². The summed E-state index contributed by atoms with van der Waals surface area (Å²) in [6.45, 7) is 1.08. The van der Waals surface area contributed by atoms with Gasteiger partial charge in [-0.25, -0.2) is 13.1 Å². The molecule has 3 heterocycles. The molecule has 7 nitrogen and oxygen atoms in total. The summed E-state index contributed by atoms with van der Waals surface area (Å²) in [5.74, 6) is 0.780. The maximum absolute atomic E-state index is 13.4. The molecule has 0 bridgehead atoms. The molecule has 34 heavy (non-hydrogen) atoms. The summed E-state index contributed by atoms with van der Waals surface area (Å²) < 4.78 is 40.0. The quantitative estimate of drug-likeness (QED) is 0.402. The van der Waals surface area contributed by atoms with Gasteiger partial charge in [-0.15, -0.1) is 11.3 Å². The van der Waals surface area contributed by atoms with E-state index in [9.17, 15) is 13.2 Å². The van der Waals surface area contributed by atoms with E-state index in [0.717, 1.165) is 5.39 Å². The van der Waals surface area contributed by atoms with E-state index in [-0.39, 0.29) is 24.3 Å². The lowest BCUT2D eigenvalue weighted by molar-refractivity contribution is 0.0678. The van der Waals surface area contributed by atoms with Crippen LogP contribution in [0.4, 0.5) is 0 Å². The number of carbonyl (C=O) groups excluding carboxylic acids is 1. The minimum absolute atomic E-state index is 0.206. The molecule has 9 heteroatoms. The number of sulfonamides is 1. The van der Waals surface area contributed by atoms with Crippen molar-refractivity contribution in [2.75, 3.05) is 13.1 Å². The number of ether oxygens (including phenoxy) is 1. The van der Waals surface area contributed by atoms with Gasteiger partial charge in [-0.3, -0.25) is 4.79 Å². The number of carbonyl (C=O) groups is 1. The lowest BCUT2D eigenvalue weighted by Crippen LogP contribution is -2.46. The van der Waals surface area contributed by atoms with E-state index >= 15 is 0 Å². The van der Waals surface area contributed by atoms with Crippen LogP contribution in [0.5, 0.6) is 5.75 Å². The molecule has 0 aliphatic carbocycles. The summed E-state index contributed by atoms with van der Waals surface area (Å²) in [5, 5.41) is 2.59. The Morgan fingerprint density at radius 2 is 1.76 bits per heavy atom. The third kappa shape index (κ3) is 4.72. The maximum Gasteiger partial charge on any atom is 0.290 e. The summed E-state index contributed by atoms with van der Waals surface area (Å²) in [5.41, 5.74) is 1.35. The Balaban J connectivity index is 1.30. The molecule has 1 N–H and O–H groups in total. The van der Waals surface area contributed by atoms with E-state index in [1.807, 2.05) is 54.6 Å². The van der Waals surface area contributed by atoms with Crippen LogP contribution in [0.15, 0.2) is 80.7 Å². The molecule has 0 saturated carbocycles. The Morgan fingerprint density at radius 3 is 2.50 bits per heavy atom. The second-order valence-corrected chi connectivity index (χ2v) is 11.0. The van der Waals surface area contributed by atoms with Crippen molar-refractivity contribution in [3.05, 3.63) is 83.4 Å². The Bertz CT molecular complexity index is 1370. The fourth-order valence-electron chi connectivity index (χ4n) is 4.13. The van der Waals surface area contributed by atoms with Gasteiger partial charge in [0, 0.05) is 30.1 Å². The standard InChI is InChI=1S/C25H24N2O5S2/c28-25(27-14-12-18(13-15-27)26-34(29,30)23-11-6-16-33-23)24-21(17-31-19-7-2-1-3-8-19)20-9-4-5-10-22(20)32-24/h1-11,16,18,26H,12-15,17H2. The number of fused-ring (bicyclic) bond motifs is 1. The molecule has 0 spiro atoms. The van der Waals surface area contributed by atoms with Crippen molar-refractivity contribution in [1.29, 1.82) is 0 Å². The second kappa shape index (κ2) is 9.61. The van der Waals surface area contributed by atoms with Crippen molar-refractivity contribution in [1.82, 2.24) is 9.62 Å². The third-order valence-corrected chi connectivity index (χ3v) is 8.80. The lowest BCUT2D eigenvalue weighted by Gasteiger charge is -2.31.